The standard InChI is InChI=1S/C12H20N4O/c1-16(9-11-4-2-3-5-17-11)12-14-7-10(6-13)8-15-12/h7-8,11H,2-6,9,13H2,1H3. The maximum absolute atomic E-state index is 5.70. The lowest BCUT2D eigenvalue weighted by Crippen LogP contribution is -2.34. The lowest BCUT2D eigenvalue weighted by Gasteiger charge is -2.27. The number of rotatable bonds is 4. The van der Waals surface area contributed by atoms with Crippen LogP contribution in [0.4, 0.5) is 5.95 Å². The number of nitrogens with zero attached hydrogens (tertiary/aromatic N) is 3. The van der Waals surface area contributed by atoms with Crippen LogP contribution in [0.25, 0.3) is 0 Å². The highest BCUT2D eigenvalue weighted by Crippen LogP contribution is 2.15. The van der Waals surface area contributed by atoms with Gasteiger partial charge in [-0.05, 0) is 19.3 Å². The summed E-state index contributed by atoms with van der Waals surface area (Å²) in [6.07, 6.45) is 7.44. The maximum atomic E-state index is 5.70. The van der Waals surface area contributed by atoms with Crippen LogP contribution < -0.4 is 10.6 Å². The monoisotopic (exact) mass is 236 g/mol. The second-order valence-corrected chi connectivity index (χ2v) is 4.46. The van der Waals surface area contributed by atoms with Crippen LogP contribution in [0.1, 0.15) is 24.8 Å². The Labute approximate surface area is 102 Å². The molecule has 0 radical (unpaired) electrons. The minimum atomic E-state index is 0.312. The van der Waals surface area contributed by atoms with E-state index in [9.17, 15) is 0 Å². The van der Waals surface area contributed by atoms with Crippen molar-refractivity contribution in [3.8, 4) is 0 Å². The van der Waals surface area contributed by atoms with Crippen molar-refractivity contribution in [1.82, 2.24) is 9.97 Å². The third-order valence-corrected chi connectivity index (χ3v) is 3.02. The average molecular weight is 236 g/mol. The lowest BCUT2D eigenvalue weighted by atomic mass is 10.1. The fourth-order valence-electron chi connectivity index (χ4n) is 1.99. The number of hydrogen-bond donors (Lipinski definition) is 1. The summed E-state index contributed by atoms with van der Waals surface area (Å²) in [6.45, 7) is 2.21. The molecule has 1 aromatic heterocycles. The molecule has 17 heavy (non-hydrogen) atoms. The number of nitrogens with two attached hydrogens (primary N) is 1. The fraction of sp³-hybridized carbons (Fsp3) is 0.667. The second-order valence-electron chi connectivity index (χ2n) is 4.46. The first-order valence-electron chi connectivity index (χ1n) is 6.13. The van der Waals surface area contributed by atoms with Gasteiger partial charge in [0, 0.05) is 44.7 Å². The van der Waals surface area contributed by atoms with E-state index in [1.54, 1.807) is 12.4 Å². The Kier molecular flexibility index (Phi) is 4.28. The molecule has 2 N–H and O–H groups in total. The van der Waals surface area contributed by atoms with Crippen molar-refractivity contribution in [1.29, 1.82) is 0 Å². The highest BCUT2D eigenvalue weighted by atomic mass is 16.5. The van der Waals surface area contributed by atoms with E-state index in [0.717, 1.165) is 31.1 Å². The van der Waals surface area contributed by atoms with Crippen LogP contribution in [0.2, 0.25) is 0 Å². The van der Waals surface area contributed by atoms with E-state index in [1.807, 2.05) is 11.9 Å². The van der Waals surface area contributed by atoms with Crippen molar-refractivity contribution >= 4 is 5.95 Å². The van der Waals surface area contributed by atoms with E-state index in [0.29, 0.717) is 12.6 Å². The molecule has 1 aliphatic heterocycles. The molecular formula is C12H20N4O. The smallest absolute Gasteiger partial charge is 0.225 e. The Hall–Kier alpha value is -1.20. The van der Waals surface area contributed by atoms with Gasteiger partial charge < -0.3 is 15.4 Å². The van der Waals surface area contributed by atoms with E-state index in [1.165, 1.54) is 12.8 Å². The van der Waals surface area contributed by atoms with Gasteiger partial charge in [0.25, 0.3) is 0 Å². The highest BCUT2D eigenvalue weighted by Gasteiger charge is 2.17. The second kappa shape index (κ2) is 5.93. The minimum Gasteiger partial charge on any atom is -0.376 e. The summed E-state index contributed by atoms with van der Waals surface area (Å²) in [5.41, 5.74) is 6.47. The Morgan fingerprint density at radius 2 is 2.18 bits per heavy atom. The third kappa shape index (κ3) is 3.38. The summed E-state index contributed by atoms with van der Waals surface area (Å²) in [4.78, 5) is 10.6. The van der Waals surface area contributed by atoms with Gasteiger partial charge in [-0.2, -0.15) is 0 Å². The lowest BCUT2D eigenvalue weighted by molar-refractivity contribution is 0.0214. The van der Waals surface area contributed by atoms with Crippen LogP contribution in [0, 0.1) is 0 Å². The first-order valence-corrected chi connectivity index (χ1v) is 6.13. The van der Waals surface area contributed by atoms with Crippen LogP contribution in [0.15, 0.2) is 12.4 Å². The van der Waals surface area contributed by atoms with Crippen molar-refractivity contribution < 1.29 is 4.74 Å². The summed E-state index contributed by atoms with van der Waals surface area (Å²) >= 11 is 0. The number of aromatic nitrogens is 2. The normalized spacial score (nSPS) is 20.2. The van der Waals surface area contributed by atoms with E-state index in [4.69, 9.17) is 10.5 Å². The summed E-state index contributed by atoms with van der Waals surface area (Å²) in [5, 5.41) is 0. The Bertz CT molecular complexity index is 335. The molecule has 0 aliphatic carbocycles. The van der Waals surface area contributed by atoms with Crippen molar-refractivity contribution in [3.63, 3.8) is 0 Å². The molecule has 2 heterocycles. The van der Waals surface area contributed by atoms with E-state index in [2.05, 4.69) is 9.97 Å². The van der Waals surface area contributed by atoms with Crippen LogP contribution in [-0.2, 0) is 11.3 Å². The first-order chi connectivity index (χ1) is 8.29. The molecule has 5 nitrogen and oxygen atoms in total. The minimum absolute atomic E-state index is 0.312. The van der Waals surface area contributed by atoms with Gasteiger partial charge in [-0.3, -0.25) is 0 Å². The number of ether oxygens (including phenoxy) is 1. The molecule has 2 rings (SSSR count). The van der Waals surface area contributed by atoms with Crippen molar-refractivity contribution in [2.45, 2.75) is 31.9 Å². The summed E-state index contributed by atoms with van der Waals surface area (Å²) in [7, 11) is 2.00. The molecule has 1 atom stereocenters. The van der Waals surface area contributed by atoms with Crippen LogP contribution in [-0.4, -0.2) is 36.3 Å². The molecule has 1 saturated heterocycles. The zero-order chi connectivity index (χ0) is 12.1. The van der Waals surface area contributed by atoms with Crippen molar-refractivity contribution in [2.24, 2.45) is 5.73 Å². The summed E-state index contributed by atoms with van der Waals surface area (Å²) in [5.74, 6) is 0.733. The van der Waals surface area contributed by atoms with Gasteiger partial charge in [0.2, 0.25) is 5.95 Å². The molecule has 1 fully saturated rings. The number of anilines is 1. The number of hydrogen-bond acceptors (Lipinski definition) is 5. The molecular weight excluding hydrogens is 216 g/mol. The van der Waals surface area contributed by atoms with Gasteiger partial charge in [0.15, 0.2) is 0 Å². The van der Waals surface area contributed by atoms with Crippen LogP contribution in [0.3, 0.4) is 0 Å². The van der Waals surface area contributed by atoms with Crippen molar-refractivity contribution in [3.05, 3.63) is 18.0 Å². The first kappa shape index (κ1) is 12.3. The molecule has 1 aromatic rings. The number of likely N-dealkylation sites (N-methyl/N-ethyl adjacent to an activating group) is 1. The van der Waals surface area contributed by atoms with Crippen molar-refractivity contribution in [2.75, 3.05) is 25.1 Å². The molecule has 0 amide bonds. The predicted molar refractivity (Wildman–Crippen MR) is 66.8 cm³/mol. The molecule has 94 valence electrons. The van der Waals surface area contributed by atoms with E-state index >= 15 is 0 Å². The van der Waals surface area contributed by atoms with Gasteiger partial charge in [-0.15, -0.1) is 0 Å². The SMILES string of the molecule is CN(CC1CCCCO1)c1ncc(CN)cn1. The predicted octanol–water partition coefficient (Wildman–Crippen LogP) is 0.941. The topological polar surface area (TPSA) is 64.3 Å². The molecule has 1 aliphatic rings. The molecule has 0 aromatic carbocycles. The molecule has 0 spiro atoms. The zero-order valence-electron chi connectivity index (χ0n) is 10.3. The summed E-state index contributed by atoms with van der Waals surface area (Å²) < 4.78 is 5.70. The van der Waals surface area contributed by atoms with Gasteiger partial charge in [0.1, 0.15) is 0 Å². The third-order valence-electron chi connectivity index (χ3n) is 3.02. The Morgan fingerprint density at radius 3 is 2.76 bits per heavy atom. The quantitative estimate of drug-likeness (QED) is 0.843. The average Bonchev–Trinajstić information content (AvgIpc) is 2.40. The fourth-order valence-corrected chi connectivity index (χ4v) is 1.99. The molecule has 0 bridgehead atoms. The Balaban J connectivity index is 1.91. The van der Waals surface area contributed by atoms with E-state index in [-0.39, 0.29) is 0 Å². The zero-order valence-corrected chi connectivity index (χ0v) is 10.3. The van der Waals surface area contributed by atoms with Gasteiger partial charge >= 0.3 is 0 Å². The summed E-state index contributed by atoms with van der Waals surface area (Å²) in [6, 6.07) is 0. The molecule has 5 heteroatoms. The maximum Gasteiger partial charge on any atom is 0.225 e. The Morgan fingerprint density at radius 1 is 1.41 bits per heavy atom. The van der Waals surface area contributed by atoms with Gasteiger partial charge in [-0.1, -0.05) is 0 Å². The molecule has 1 unspecified atom stereocenters. The largest absolute Gasteiger partial charge is 0.376 e. The van der Waals surface area contributed by atoms with Crippen LogP contribution in [0.5, 0.6) is 0 Å². The highest BCUT2D eigenvalue weighted by molar-refractivity contribution is 5.28. The van der Waals surface area contributed by atoms with Gasteiger partial charge in [-0.25, -0.2) is 9.97 Å². The van der Waals surface area contributed by atoms with Gasteiger partial charge in [0.05, 0.1) is 6.10 Å². The van der Waals surface area contributed by atoms with Crippen LogP contribution >= 0.6 is 0 Å². The molecule has 0 saturated carbocycles. The van der Waals surface area contributed by atoms with E-state index < -0.39 is 0 Å².